The van der Waals surface area contributed by atoms with Crippen LogP contribution in [0.5, 0.6) is 5.75 Å². The number of rotatable bonds is 9. The molecule has 182 valence electrons. The molecule has 0 bridgehead atoms. The summed E-state index contributed by atoms with van der Waals surface area (Å²) in [5, 5.41) is 20.0. The molecular weight excluding hydrogens is 456 g/mol. The molecule has 0 aliphatic rings. The summed E-state index contributed by atoms with van der Waals surface area (Å²) >= 11 is 0. The van der Waals surface area contributed by atoms with Crippen LogP contribution in [-0.4, -0.2) is 36.5 Å². The highest BCUT2D eigenvalue weighted by atomic mass is 19.1. The van der Waals surface area contributed by atoms with Gasteiger partial charge >= 0.3 is 0 Å². The lowest BCUT2D eigenvalue weighted by atomic mass is 9.99. The van der Waals surface area contributed by atoms with Crippen molar-refractivity contribution in [2.24, 2.45) is 0 Å². The second kappa shape index (κ2) is 10.3. The first-order valence-corrected chi connectivity index (χ1v) is 11.1. The van der Waals surface area contributed by atoms with Crippen LogP contribution >= 0.6 is 0 Å². The lowest BCUT2D eigenvalue weighted by Crippen LogP contribution is -2.17. The van der Waals surface area contributed by atoms with Gasteiger partial charge in [-0.3, -0.25) is 14.2 Å². The van der Waals surface area contributed by atoms with E-state index in [2.05, 4.69) is 9.97 Å². The van der Waals surface area contributed by atoms with Crippen LogP contribution in [0.3, 0.4) is 0 Å². The van der Waals surface area contributed by atoms with Gasteiger partial charge in [0, 0.05) is 18.8 Å². The fraction of sp³-hybridized carbons (Fsp3) is 0.269. The van der Waals surface area contributed by atoms with Crippen molar-refractivity contribution in [2.45, 2.75) is 45.5 Å². The zero-order chi connectivity index (χ0) is 25.1. The smallest absolute Gasteiger partial charge is 0.181 e. The minimum atomic E-state index is -1.15. The Morgan fingerprint density at radius 1 is 1.11 bits per heavy atom. The largest absolute Gasteiger partial charge is 0.485 e. The van der Waals surface area contributed by atoms with Crippen molar-refractivity contribution in [3.8, 4) is 5.75 Å². The molecule has 7 nitrogen and oxygen atoms in total. The van der Waals surface area contributed by atoms with E-state index < -0.39 is 23.8 Å². The topological polar surface area (TPSA) is 97.0 Å². The number of pyridine rings is 2. The molecule has 4 aromatic rings. The number of carbonyl (C=O) groups is 1. The molecule has 9 heteroatoms. The number of aliphatic hydroxyl groups excluding tert-OH is 2. The summed E-state index contributed by atoms with van der Waals surface area (Å²) in [5.74, 6) is -1.31. The third-order valence-corrected chi connectivity index (χ3v) is 5.77. The summed E-state index contributed by atoms with van der Waals surface area (Å²) in [4.78, 5) is 21.8. The molecule has 0 aliphatic carbocycles. The number of nitrogens with zero attached hydrogens (tertiary/aromatic N) is 3. The first kappa shape index (κ1) is 24.4. The Bertz CT molecular complexity index is 1350. The van der Waals surface area contributed by atoms with Crippen molar-refractivity contribution in [1.82, 2.24) is 14.4 Å². The van der Waals surface area contributed by atoms with Crippen LogP contribution in [0.25, 0.3) is 5.65 Å². The van der Waals surface area contributed by atoms with Crippen molar-refractivity contribution in [2.75, 3.05) is 0 Å². The van der Waals surface area contributed by atoms with Gasteiger partial charge in [-0.2, -0.15) is 0 Å². The third kappa shape index (κ3) is 5.06. The predicted octanol–water partition coefficient (Wildman–Crippen LogP) is 4.12. The number of imidazole rings is 1. The van der Waals surface area contributed by atoms with Gasteiger partial charge in [0.2, 0.25) is 0 Å². The molecule has 1 aromatic carbocycles. The van der Waals surface area contributed by atoms with Gasteiger partial charge in [-0.1, -0.05) is 12.1 Å². The molecule has 0 amide bonds. The minimum Gasteiger partial charge on any atom is -0.485 e. The van der Waals surface area contributed by atoms with Crippen molar-refractivity contribution in [3.63, 3.8) is 0 Å². The number of aryl methyl sites for hydroxylation is 2. The molecule has 3 heterocycles. The molecule has 2 atom stereocenters. The van der Waals surface area contributed by atoms with Gasteiger partial charge in [0.05, 0.1) is 23.1 Å². The van der Waals surface area contributed by atoms with Crippen molar-refractivity contribution in [3.05, 3.63) is 94.7 Å². The molecule has 0 spiro atoms. The number of halogens is 2. The maximum atomic E-state index is 14.0. The molecule has 0 saturated carbocycles. The molecule has 2 N–H and O–H groups in total. The molecule has 4 rings (SSSR count). The van der Waals surface area contributed by atoms with Crippen molar-refractivity contribution >= 4 is 11.4 Å². The Morgan fingerprint density at radius 3 is 2.57 bits per heavy atom. The molecule has 0 fully saturated rings. The molecule has 0 unspecified atom stereocenters. The monoisotopic (exact) mass is 481 g/mol. The highest BCUT2D eigenvalue weighted by Crippen LogP contribution is 2.26. The summed E-state index contributed by atoms with van der Waals surface area (Å²) in [7, 11) is 0. The lowest BCUT2D eigenvalue weighted by molar-refractivity contribution is 0.0272. The van der Waals surface area contributed by atoms with Gasteiger partial charge < -0.3 is 14.9 Å². The van der Waals surface area contributed by atoms with Gasteiger partial charge in [0.15, 0.2) is 17.2 Å². The van der Waals surface area contributed by atoms with E-state index in [1.54, 1.807) is 41.8 Å². The number of carbonyl (C=O) groups excluding carboxylic acids is 1. The number of aromatic nitrogens is 3. The van der Waals surface area contributed by atoms with E-state index in [0.29, 0.717) is 34.7 Å². The first-order valence-electron chi connectivity index (χ1n) is 11.1. The number of ketones is 1. The predicted molar refractivity (Wildman–Crippen MR) is 124 cm³/mol. The van der Waals surface area contributed by atoms with Crippen LogP contribution < -0.4 is 4.74 Å². The number of Topliss-reactive ketones (excluding diaryl/α,β-unsaturated/α-hetero) is 1. The number of ether oxygens (including phenoxy) is 1. The zero-order valence-electron chi connectivity index (χ0n) is 19.3. The van der Waals surface area contributed by atoms with Crippen LogP contribution in [0, 0.1) is 18.6 Å². The lowest BCUT2D eigenvalue weighted by Gasteiger charge is -2.16. The molecule has 35 heavy (non-hydrogen) atoms. The van der Waals surface area contributed by atoms with E-state index in [-0.39, 0.29) is 30.1 Å². The highest BCUT2D eigenvalue weighted by Gasteiger charge is 2.22. The van der Waals surface area contributed by atoms with E-state index in [1.807, 2.05) is 0 Å². The van der Waals surface area contributed by atoms with Crippen LogP contribution in [0.1, 0.15) is 52.5 Å². The van der Waals surface area contributed by atoms with Crippen molar-refractivity contribution in [1.29, 1.82) is 0 Å². The second-order valence-electron chi connectivity index (χ2n) is 8.26. The fourth-order valence-corrected chi connectivity index (χ4v) is 3.95. The molecule has 0 radical (unpaired) electrons. The maximum Gasteiger partial charge on any atom is 0.181 e. The molecule has 0 saturated heterocycles. The van der Waals surface area contributed by atoms with E-state index in [4.69, 9.17) is 4.74 Å². The van der Waals surface area contributed by atoms with Gasteiger partial charge in [0.1, 0.15) is 30.0 Å². The van der Waals surface area contributed by atoms with E-state index in [1.165, 1.54) is 19.2 Å². The molecule has 3 aromatic heterocycles. The average Bonchev–Trinajstić information content (AvgIpc) is 3.18. The van der Waals surface area contributed by atoms with Gasteiger partial charge in [-0.25, -0.2) is 13.8 Å². The fourth-order valence-electron chi connectivity index (χ4n) is 3.95. The Kier molecular flexibility index (Phi) is 7.18. The third-order valence-electron chi connectivity index (χ3n) is 5.77. The Hall–Kier alpha value is -3.69. The van der Waals surface area contributed by atoms with E-state index in [0.717, 1.165) is 12.1 Å². The van der Waals surface area contributed by atoms with Crippen LogP contribution in [0.15, 0.2) is 54.9 Å². The maximum absolute atomic E-state index is 14.0. The van der Waals surface area contributed by atoms with Crippen molar-refractivity contribution < 1.29 is 28.5 Å². The quantitative estimate of drug-likeness (QED) is 0.349. The van der Waals surface area contributed by atoms with Gasteiger partial charge in [-0.05, 0) is 56.2 Å². The summed E-state index contributed by atoms with van der Waals surface area (Å²) in [6.07, 6.45) is 1.46. The number of benzene rings is 1. The Morgan fingerprint density at radius 2 is 1.86 bits per heavy atom. The Labute approximate surface area is 200 Å². The van der Waals surface area contributed by atoms with Gasteiger partial charge in [0.25, 0.3) is 0 Å². The standard InChI is InChI=1S/C26H25F2N3O4/c1-15-24(21(33)11-10-17-6-4-12-29-23(17)25(34)16(2)32)31-13-5-9-22(26(31)30-15)35-14-18-19(27)7-3-8-20(18)28/h3-9,12-13,16,25,32,34H,10-11,14H2,1-2H3/t16-,25+/m1/s1. The zero-order valence-corrected chi connectivity index (χ0v) is 19.3. The van der Waals surface area contributed by atoms with Crippen LogP contribution in [-0.2, 0) is 13.0 Å². The number of fused-ring (bicyclic) bond motifs is 1. The van der Waals surface area contributed by atoms with Crippen LogP contribution in [0.2, 0.25) is 0 Å². The average molecular weight is 481 g/mol. The number of hydrogen-bond acceptors (Lipinski definition) is 6. The summed E-state index contributed by atoms with van der Waals surface area (Å²) in [6.45, 7) is 2.84. The van der Waals surface area contributed by atoms with E-state index in [9.17, 15) is 23.8 Å². The van der Waals surface area contributed by atoms with E-state index >= 15 is 0 Å². The summed E-state index contributed by atoms with van der Waals surface area (Å²) in [5.41, 5.74) is 2.01. The minimum absolute atomic E-state index is 0.116. The summed E-state index contributed by atoms with van der Waals surface area (Å²) < 4.78 is 35.2. The molecular formula is C26H25F2N3O4. The second-order valence-corrected chi connectivity index (χ2v) is 8.26. The Balaban J connectivity index is 1.56. The first-order chi connectivity index (χ1) is 16.8. The number of aliphatic hydroxyl groups is 2. The summed E-state index contributed by atoms with van der Waals surface area (Å²) in [6, 6.07) is 10.4. The molecule has 0 aliphatic heterocycles. The highest BCUT2D eigenvalue weighted by molar-refractivity contribution is 5.96. The normalized spacial score (nSPS) is 13.1. The number of hydrogen-bond donors (Lipinski definition) is 2. The van der Waals surface area contributed by atoms with Crippen LogP contribution in [0.4, 0.5) is 8.78 Å². The van der Waals surface area contributed by atoms with Gasteiger partial charge in [-0.15, -0.1) is 0 Å². The SMILES string of the molecule is Cc1nc2c(OCc3c(F)cccc3F)cccn2c1C(=O)CCc1cccnc1[C@@H](O)[C@@H](C)O.